The van der Waals surface area contributed by atoms with E-state index in [1.807, 2.05) is 0 Å². The SMILES string of the molecule is COC(OC)C(C)(OC)O[Si]O[Si]OC(C)(OC)C(OC)OC. The molecule has 0 aromatic heterocycles. The van der Waals surface area contributed by atoms with Crippen LogP contribution in [0, 0.1) is 0 Å². The quantitative estimate of drug-likeness (QED) is 0.239. The van der Waals surface area contributed by atoms with Gasteiger partial charge in [-0.25, -0.2) is 0 Å². The van der Waals surface area contributed by atoms with Crippen LogP contribution in [0.4, 0.5) is 0 Å². The largest absolute Gasteiger partial charge is 0.425 e. The molecule has 0 spiro atoms. The molecule has 0 saturated carbocycles. The molecular weight excluding hydrogens is 344 g/mol. The van der Waals surface area contributed by atoms with Crippen molar-refractivity contribution in [1.29, 1.82) is 0 Å². The van der Waals surface area contributed by atoms with Crippen LogP contribution in [0.2, 0.25) is 0 Å². The topological polar surface area (TPSA) is 83.1 Å². The predicted molar refractivity (Wildman–Crippen MR) is 81.2 cm³/mol. The van der Waals surface area contributed by atoms with E-state index in [0.29, 0.717) is 0 Å². The minimum Gasteiger partial charge on any atom is -0.411 e. The van der Waals surface area contributed by atoms with E-state index in [9.17, 15) is 0 Å². The van der Waals surface area contributed by atoms with E-state index in [0.717, 1.165) is 0 Å². The summed E-state index contributed by atoms with van der Waals surface area (Å²) in [5, 5.41) is 0. The van der Waals surface area contributed by atoms with Crippen molar-refractivity contribution < 1.29 is 41.4 Å². The second-order valence-corrected chi connectivity index (χ2v) is 6.08. The number of ether oxygens (including phenoxy) is 6. The summed E-state index contributed by atoms with van der Waals surface area (Å²) in [6.07, 6.45) is -1.41. The molecular formula is C12H26O9Si2. The molecule has 11 heteroatoms. The fourth-order valence-electron chi connectivity index (χ4n) is 1.64. The summed E-state index contributed by atoms with van der Waals surface area (Å²) in [6.45, 7) is 3.35. The van der Waals surface area contributed by atoms with Gasteiger partial charge in [-0.15, -0.1) is 0 Å². The molecule has 0 rings (SSSR count). The lowest BCUT2D eigenvalue weighted by atomic mass is 10.3. The van der Waals surface area contributed by atoms with E-state index in [-0.39, 0.29) is 20.0 Å². The average Bonchev–Trinajstić information content (AvgIpc) is 2.56. The molecule has 9 nitrogen and oxygen atoms in total. The highest BCUT2D eigenvalue weighted by Gasteiger charge is 2.38. The molecule has 0 fully saturated rings. The Hall–Kier alpha value is 0.0738. The Labute approximate surface area is 142 Å². The summed E-state index contributed by atoms with van der Waals surface area (Å²) in [4.78, 5) is 0. The van der Waals surface area contributed by atoms with Crippen molar-refractivity contribution in [3.8, 4) is 0 Å². The second kappa shape index (κ2) is 11.6. The zero-order valence-corrected chi connectivity index (χ0v) is 16.8. The van der Waals surface area contributed by atoms with Crippen LogP contribution in [-0.2, 0) is 41.4 Å². The fourth-order valence-corrected chi connectivity index (χ4v) is 2.80. The van der Waals surface area contributed by atoms with Crippen molar-refractivity contribution in [1.82, 2.24) is 0 Å². The van der Waals surface area contributed by atoms with Crippen LogP contribution in [0.3, 0.4) is 0 Å². The highest BCUT2D eigenvalue weighted by atomic mass is 28.3. The van der Waals surface area contributed by atoms with Crippen molar-refractivity contribution in [3.05, 3.63) is 0 Å². The molecule has 0 bridgehead atoms. The molecule has 0 amide bonds. The summed E-state index contributed by atoms with van der Waals surface area (Å²) >= 11 is 0. The van der Waals surface area contributed by atoms with E-state index in [1.165, 1.54) is 42.7 Å². The predicted octanol–water partition coefficient (Wildman–Crippen LogP) is 0.0676. The fraction of sp³-hybridized carbons (Fsp3) is 1.00. The van der Waals surface area contributed by atoms with Crippen molar-refractivity contribution in [3.63, 3.8) is 0 Å². The molecule has 0 aromatic rings. The van der Waals surface area contributed by atoms with Crippen LogP contribution in [0.1, 0.15) is 13.8 Å². The van der Waals surface area contributed by atoms with Crippen LogP contribution < -0.4 is 0 Å². The highest BCUT2D eigenvalue weighted by molar-refractivity contribution is 6.34. The average molecular weight is 371 g/mol. The molecule has 0 aliphatic heterocycles. The van der Waals surface area contributed by atoms with Crippen molar-refractivity contribution in [2.24, 2.45) is 0 Å². The normalized spacial score (nSPS) is 17.5. The molecule has 0 aliphatic carbocycles. The number of rotatable bonds is 14. The van der Waals surface area contributed by atoms with Crippen LogP contribution in [-0.4, -0.2) is 86.8 Å². The third kappa shape index (κ3) is 6.84. The zero-order chi connectivity index (χ0) is 17.9. The highest BCUT2D eigenvalue weighted by Crippen LogP contribution is 2.21. The van der Waals surface area contributed by atoms with Crippen LogP contribution in [0.15, 0.2) is 0 Å². The molecule has 2 atom stereocenters. The Kier molecular flexibility index (Phi) is 11.6. The zero-order valence-electron chi connectivity index (χ0n) is 14.8. The standard InChI is InChI=1S/C12H26O9Si2/c1-11(17-7,9(13-3)14-4)19-22-21-23-20-12(2,18-8)10(15-5)16-6/h9-10H,1-8H3. The molecule has 0 saturated heterocycles. The molecule has 0 N–H and O–H groups in total. The molecule has 0 heterocycles. The lowest BCUT2D eigenvalue weighted by Crippen LogP contribution is -2.49. The molecule has 23 heavy (non-hydrogen) atoms. The van der Waals surface area contributed by atoms with Crippen LogP contribution in [0.25, 0.3) is 0 Å². The summed E-state index contributed by atoms with van der Waals surface area (Å²) in [7, 11) is 8.20. The van der Waals surface area contributed by atoms with E-state index in [1.54, 1.807) is 13.8 Å². The van der Waals surface area contributed by atoms with Gasteiger partial charge in [-0.05, 0) is 13.8 Å². The first-order chi connectivity index (χ1) is 10.9. The summed E-state index contributed by atoms with van der Waals surface area (Å²) < 4.78 is 47.5. The van der Waals surface area contributed by atoms with Gasteiger partial charge in [0.05, 0.1) is 0 Å². The third-order valence-corrected chi connectivity index (χ3v) is 4.74. The molecule has 0 aliphatic rings. The van der Waals surface area contributed by atoms with Gasteiger partial charge in [-0.3, -0.25) is 0 Å². The van der Waals surface area contributed by atoms with Crippen molar-refractivity contribution in [2.45, 2.75) is 38.0 Å². The maximum atomic E-state index is 5.54. The Morgan fingerprint density at radius 2 is 0.913 bits per heavy atom. The number of methoxy groups -OCH3 is 6. The lowest BCUT2D eigenvalue weighted by molar-refractivity contribution is -0.300. The minimum atomic E-state index is -1.11. The van der Waals surface area contributed by atoms with Gasteiger partial charge in [-0.1, -0.05) is 0 Å². The summed E-state index contributed by atoms with van der Waals surface area (Å²) in [6, 6.07) is 0. The van der Waals surface area contributed by atoms with Gasteiger partial charge in [0.2, 0.25) is 24.2 Å². The number of hydrogen-bond donors (Lipinski definition) is 0. The lowest BCUT2D eigenvalue weighted by Gasteiger charge is -2.34. The third-order valence-electron chi connectivity index (χ3n) is 3.10. The monoisotopic (exact) mass is 370 g/mol. The smallest absolute Gasteiger partial charge is 0.411 e. The van der Waals surface area contributed by atoms with Gasteiger partial charge in [-0.2, -0.15) is 0 Å². The Balaban J connectivity index is 4.34. The molecule has 2 unspecified atom stereocenters. The molecule has 136 valence electrons. The van der Waals surface area contributed by atoms with Gasteiger partial charge < -0.3 is 41.4 Å². The first-order valence-corrected chi connectivity index (χ1v) is 8.24. The van der Waals surface area contributed by atoms with Crippen molar-refractivity contribution in [2.75, 3.05) is 42.7 Å². The Bertz CT molecular complexity index is 276. The van der Waals surface area contributed by atoms with Gasteiger partial charge >= 0.3 is 20.0 Å². The van der Waals surface area contributed by atoms with E-state index >= 15 is 0 Å². The summed E-state index contributed by atoms with van der Waals surface area (Å²) in [5.41, 5.74) is 0. The van der Waals surface area contributed by atoms with E-state index in [2.05, 4.69) is 0 Å². The molecule has 0 aromatic carbocycles. The summed E-state index contributed by atoms with van der Waals surface area (Å²) in [5.74, 6) is -2.23. The van der Waals surface area contributed by atoms with Gasteiger partial charge in [0.15, 0.2) is 0 Å². The number of hydrogen-bond acceptors (Lipinski definition) is 9. The van der Waals surface area contributed by atoms with E-state index < -0.39 is 24.2 Å². The van der Waals surface area contributed by atoms with Crippen LogP contribution in [0.5, 0.6) is 0 Å². The molecule has 4 radical (unpaired) electrons. The second-order valence-electron chi connectivity index (χ2n) is 4.52. The van der Waals surface area contributed by atoms with E-state index in [4.69, 9.17) is 41.4 Å². The first-order valence-electron chi connectivity index (χ1n) is 6.60. The van der Waals surface area contributed by atoms with Gasteiger partial charge in [0, 0.05) is 42.7 Å². The van der Waals surface area contributed by atoms with Crippen LogP contribution >= 0.6 is 0 Å². The maximum absolute atomic E-state index is 5.54. The van der Waals surface area contributed by atoms with Crippen molar-refractivity contribution >= 4 is 20.0 Å². The minimum absolute atomic E-state index is 0.363. The Morgan fingerprint density at radius 3 is 1.13 bits per heavy atom. The van der Waals surface area contributed by atoms with Gasteiger partial charge in [0.25, 0.3) is 0 Å². The maximum Gasteiger partial charge on any atom is 0.425 e. The Morgan fingerprint density at radius 1 is 0.609 bits per heavy atom. The van der Waals surface area contributed by atoms with Gasteiger partial charge in [0.1, 0.15) is 0 Å². The first kappa shape index (κ1) is 23.1.